The molecule has 1 N–H and O–H groups in total. The molecule has 0 saturated heterocycles. The van der Waals surface area contributed by atoms with Crippen LogP contribution in [-0.2, 0) is 4.79 Å². The second-order valence-electron chi connectivity index (χ2n) is 5.39. The predicted octanol–water partition coefficient (Wildman–Crippen LogP) is 3.30. The second kappa shape index (κ2) is 5.54. The van der Waals surface area contributed by atoms with Gasteiger partial charge in [0.25, 0.3) is 5.69 Å². The molecule has 0 saturated carbocycles. The zero-order valence-corrected chi connectivity index (χ0v) is 13.2. The topological polar surface area (TPSA) is 106 Å². The van der Waals surface area contributed by atoms with Gasteiger partial charge in [-0.25, -0.2) is 4.99 Å². The number of benzene rings is 1. The van der Waals surface area contributed by atoms with Gasteiger partial charge in [0.2, 0.25) is 0 Å². The Bertz CT molecular complexity index is 843. The predicted molar refractivity (Wildman–Crippen MR) is 85.7 cm³/mol. The van der Waals surface area contributed by atoms with E-state index in [0.717, 1.165) is 5.56 Å². The standard InChI is InChI=1S/C15H13N3O4S/c1-7-12(15(19)20)13(11-8(2)17-23-14(11)16-7)9-4-3-5-10(6-9)18(21)22/h3-6,12-13H,1-2H3,(H,19,20). The van der Waals surface area contributed by atoms with Crippen LogP contribution in [0, 0.1) is 23.0 Å². The average Bonchev–Trinajstić information content (AvgIpc) is 2.86. The molecule has 2 heterocycles. The molecule has 0 aliphatic carbocycles. The highest BCUT2D eigenvalue weighted by atomic mass is 32.1. The van der Waals surface area contributed by atoms with Crippen LogP contribution in [0.5, 0.6) is 0 Å². The maximum atomic E-state index is 11.8. The van der Waals surface area contributed by atoms with Gasteiger partial charge in [0.15, 0.2) is 0 Å². The van der Waals surface area contributed by atoms with Crippen LogP contribution in [0.1, 0.15) is 29.7 Å². The molecular weight excluding hydrogens is 318 g/mol. The van der Waals surface area contributed by atoms with E-state index in [9.17, 15) is 20.0 Å². The molecule has 2 aromatic rings. The minimum atomic E-state index is -1.00. The van der Waals surface area contributed by atoms with Crippen LogP contribution < -0.4 is 0 Å². The number of carboxylic acids is 1. The molecule has 0 amide bonds. The van der Waals surface area contributed by atoms with Gasteiger partial charge in [0.05, 0.1) is 10.6 Å². The summed E-state index contributed by atoms with van der Waals surface area (Å²) in [6.45, 7) is 3.47. The Morgan fingerprint density at radius 2 is 2.13 bits per heavy atom. The normalized spacial score (nSPS) is 19.8. The number of hydrogen-bond donors (Lipinski definition) is 1. The first-order valence-electron chi connectivity index (χ1n) is 6.88. The number of nitro benzene ring substituents is 1. The van der Waals surface area contributed by atoms with Crippen molar-refractivity contribution in [3.05, 3.63) is 51.2 Å². The molecule has 1 aromatic carbocycles. The Kier molecular flexibility index (Phi) is 3.69. The summed E-state index contributed by atoms with van der Waals surface area (Å²) in [5.74, 6) is -2.39. The molecule has 1 aromatic heterocycles. The summed E-state index contributed by atoms with van der Waals surface area (Å²) in [6, 6.07) is 6.11. The van der Waals surface area contributed by atoms with E-state index in [2.05, 4.69) is 9.37 Å². The maximum absolute atomic E-state index is 11.8. The first-order chi connectivity index (χ1) is 10.9. The summed E-state index contributed by atoms with van der Waals surface area (Å²) in [5, 5.41) is 21.3. The molecule has 1 aliphatic rings. The maximum Gasteiger partial charge on any atom is 0.313 e. The number of aromatic nitrogens is 1. The van der Waals surface area contributed by atoms with Gasteiger partial charge in [-0.2, -0.15) is 4.37 Å². The fraction of sp³-hybridized carbons (Fsp3) is 0.267. The van der Waals surface area contributed by atoms with Crippen molar-refractivity contribution < 1.29 is 14.8 Å². The van der Waals surface area contributed by atoms with E-state index in [-0.39, 0.29) is 5.69 Å². The molecule has 118 valence electrons. The molecule has 2 unspecified atom stereocenters. The summed E-state index contributed by atoms with van der Waals surface area (Å²) in [4.78, 5) is 26.7. The number of aryl methyl sites for hydroxylation is 1. The number of nitrogens with zero attached hydrogens (tertiary/aromatic N) is 3. The van der Waals surface area contributed by atoms with Crippen LogP contribution in [0.3, 0.4) is 0 Å². The van der Waals surface area contributed by atoms with Crippen LogP contribution in [0.15, 0.2) is 29.3 Å². The first-order valence-corrected chi connectivity index (χ1v) is 7.66. The van der Waals surface area contributed by atoms with Crippen molar-refractivity contribution in [2.24, 2.45) is 10.9 Å². The highest BCUT2D eigenvalue weighted by Crippen LogP contribution is 2.46. The minimum absolute atomic E-state index is 0.0609. The highest BCUT2D eigenvalue weighted by molar-refractivity contribution is 7.10. The molecule has 7 nitrogen and oxygen atoms in total. The lowest BCUT2D eigenvalue weighted by atomic mass is 9.77. The Labute approximate surface area is 135 Å². The average molecular weight is 331 g/mol. The van der Waals surface area contributed by atoms with E-state index in [0.29, 0.717) is 22.0 Å². The minimum Gasteiger partial charge on any atom is -0.481 e. The molecule has 0 spiro atoms. The highest BCUT2D eigenvalue weighted by Gasteiger charge is 2.40. The number of non-ortho nitro benzene ring substituents is 1. The van der Waals surface area contributed by atoms with E-state index in [1.165, 1.54) is 23.7 Å². The third kappa shape index (κ3) is 2.50. The SMILES string of the molecule is CC1=Nc2snc(C)c2C(c2cccc([N+](=O)[O-])c2)C1C(=O)O. The third-order valence-corrected chi connectivity index (χ3v) is 4.82. The van der Waals surface area contributed by atoms with Gasteiger partial charge < -0.3 is 5.11 Å². The number of nitro groups is 1. The van der Waals surface area contributed by atoms with Gasteiger partial charge >= 0.3 is 5.97 Å². The monoisotopic (exact) mass is 331 g/mol. The van der Waals surface area contributed by atoms with Crippen molar-refractivity contribution in [3.8, 4) is 0 Å². The summed E-state index contributed by atoms with van der Waals surface area (Å²) < 4.78 is 4.27. The lowest BCUT2D eigenvalue weighted by molar-refractivity contribution is -0.384. The fourth-order valence-corrected chi connectivity index (χ4v) is 3.83. The lowest BCUT2D eigenvalue weighted by Gasteiger charge is -2.28. The number of fused-ring (bicyclic) bond motifs is 1. The molecule has 3 rings (SSSR count). The molecule has 0 radical (unpaired) electrons. The molecule has 23 heavy (non-hydrogen) atoms. The van der Waals surface area contributed by atoms with Crippen LogP contribution in [0.25, 0.3) is 0 Å². The number of aliphatic carboxylic acids is 1. The summed E-state index contributed by atoms with van der Waals surface area (Å²) in [5.41, 5.74) is 2.46. The zero-order chi connectivity index (χ0) is 16.7. The molecule has 0 bridgehead atoms. The van der Waals surface area contributed by atoms with Crippen LogP contribution in [-0.4, -0.2) is 26.1 Å². The van der Waals surface area contributed by atoms with E-state index < -0.39 is 22.7 Å². The van der Waals surface area contributed by atoms with Gasteiger partial charge in [-0.05, 0) is 30.9 Å². The number of carboxylic acid groups (broad SMARTS) is 1. The summed E-state index contributed by atoms with van der Waals surface area (Å²) in [6.07, 6.45) is 0. The Morgan fingerprint density at radius 1 is 1.39 bits per heavy atom. The summed E-state index contributed by atoms with van der Waals surface area (Å²) >= 11 is 1.21. The van der Waals surface area contributed by atoms with Crippen molar-refractivity contribution in [1.82, 2.24) is 4.37 Å². The number of hydrogen-bond acceptors (Lipinski definition) is 6. The van der Waals surface area contributed by atoms with E-state index >= 15 is 0 Å². The van der Waals surface area contributed by atoms with Gasteiger partial charge in [-0.3, -0.25) is 14.9 Å². The van der Waals surface area contributed by atoms with E-state index in [1.54, 1.807) is 26.0 Å². The Morgan fingerprint density at radius 3 is 2.78 bits per heavy atom. The van der Waals surface area contributed by atoms with Crippen LogP contribution >= 0.6 is 11.5 Å². The quantitative estimate of drug-likeness (QED) is 0.686. The summed E-state index contributed by atoms with van der Waals surface area (Å²) in [7, 11) is 0. The molecule has 0 fully saturated rings. The molecule has 8 heteroatoms. The van der Waals surface area contributed by atoms with Crippen molar-refractivity contribution in [2.75, 3.05) is 0 Å². The van der Waals surface area contributed by atoms with Crippen molar-refractivity contribution >= 4 is 33.9 Å². The third-order valence-electron chi connectivity index (χ3n) is 3.97. The number of carbonyl (C=O) groups is 1. The van der Waals surface area contributed by atoms with Gasteiger partial charge in [0.1, 0.15) is 10.9 Å². The fourth-order valence-electron chi connectivity index (χ4n) is 2.95. The lowest BCUT2D eigenvalue weighted by Crippen LogP contribution is -2.31. The Hall–Kier alpha value is -2.61. The van der Waals surface area contributed by atoms with E-state index in [4.69, 9.17) is 0 Å². The van der Waals surface area contributed by atoms with Crippen LogP contribution in [0.4, 0.5) is 10.7 Å². The van der Waals surface area contributed by atoms with Crippen molar-refractivity contribution in [1.29, 1.82) is 0 Å². The number of aliphatic imine (C=N–C) groups is 1. The second-order valence-corrected chi connectivity index (χ2v) is 6.14. The van der Waals surface area contributed by atoms with Crippen molar-refractivity contribution in [2.45, 2.75) is 19.8 Å². The Balaban J connectivity index is 2.23. The van der Waals surface area contributed by atoms with Gasteiger partial charge in [0, 0.05) is 29.3 Å². The smallest absolute Gasteiger partial charge is 0.313 e. The molecule has 1 aliphatic heterocycles. The van der Waals surface area contributed by atoms with Gasteiger partial charge in [-0.15, -0.1) is 0 Å². The van der Waals surface area contributed by atoms with Crippen molar-refractivity contribution in [3.63, 3.8) is 0 Å². The zero-order valence-electron chi connectivity index (χ0n) is 12.4. The first kappa shape index (κ1) is 15.3. The van der Waals surface area contributed by atoms with E-state index in [1.807, 2.05) is 0 Å². The molecular formula is C15H13N3O4S. The number of rotatable bonds is 3. The largest absolute Gasteiger partial charge is 0.481 e. The van der Waals surface area contributed by atoms with Gasteiger partial charge in [-0.1, -0.05) is 12.1 Å². The van der Waals surface area contributed by atoms with Crippen LogP contribution in [0.2, 0.25) is 0 Å². The molecule has 2 atom stereocenters.